The van der Waals surface area contributed by atoms with E-state index >= 15 is 0 Å². The monoisotopic (exact) mass is 393 g/mol. The van der Waals surface area contributed by atoms with Gasteiger partial charge < -0.3 is 11.1 Å². The minimum absolute atomic E-state index is 0.0675. The van der Waals surface area contributed by atoms with Gasteiger partial charge in [0.2, 0.25) is 11.9 Å². The minimum Gasteiger partial charge on any atom is -0.366 e. The molecule has 3 N–H and O–H groups in total. The number of rotatable bonds is 2. The maximum Gasteiger partial charge on any atom is 0.241 e. The molecule has 0 bridgehead atoms. The summed E-state index contributed by atoms with van der Waals surface area (Å²) in [5.41, 5.74) is 7.59. The lowest BCUT2D eigenvalue weighted by atomic mass is 9.93. The predicted octanol–water partition coefficient (Wildman–Crippen LogP) is 4.97. The van der Waals surface area contributed by atoms with Gasteiger partial charge in [-0.05, 0) is 30.2 Å². The molecule has 2 aromatic carbocycles. The average Bonchev–Trinajstić information content (AvgIpc) is 2.95. The van der Waals surface area contributed by atoms with E-state index in [1.54, 1.807) is 4.68 Å². The van der Waals surface area contributed by atoms with Crippen LogP contribution in [0, 0.1) is 0 Å². The molecule has 4 rings (SSSR count). The lowest BCUT2D eigenvalue weighted by Gasteiger charge is -2.32. The van der Waals surface area contributed by atoms with E-state index < -0.39 is 0 Å². The van der Waals surface area contributed by atoms with Crippen molar-refractivity contribution in [1.82, 2.24) is 14.8 Å². The van der Waals surface area contributed by atoms with Gasteiger partial charge in [0.1, 0.15) is 0 Å². The van der Waals surface area contributed by atoms with Crippen LogP contribution in [0.1, 0.15) is 29.6 Å². The average molecular weight is 395 g/mol. The highest BCUT2D eigenvalue weighted by Gasteiger charge is 2.33. The van der Waals surface area contributed by atoms with Gasteiger partial charge in [-0.3, -0.25) is 0 Å². The van der Waals surface area contributed by atoms with Gasteiger partial charge in [-0.1, -0.05) is 59.1 Å². The van der Waals surface area contributed by atoms with Gasteiger partial charge in [0.05, 0.1) is 12.1 Å². The number of aromatic nitrogens is 3. The number of nitrogen functional groups attached to an aromatic ring is 1. The molecule has 1 aromatic heterocycles. The number of hydrogen-bond acceptors (Lipinski definition) is 4. The summed E-state index contributed by atoms with van der Waals surface area (Å²) in [5.74, 6) is 0.755. The lowest BCUT2D eigenvalue weighted by molar-refractivity contribution is 0.432. The first-order valence-corrected chi connectivity index (χ1v) is 8.85. The van der Waals surface area contributed by atoms with Crippen LogP contribution in [0.2, 0.25) is 15.1 Å². The van der Waals surface area contributed by atoms with E-state index in [-0.39, 0.29) is 18.0 Å². The van der Waals surface area contributed by atoms with Crippen molar-refractivity contribution in [3.8, 4) is 0 Å². The normalized spacial score (nSPS) is 19.3. The van der Waals surface area contributed by atoms with Crippen LogP contribution in [0.3, 0.4) is 0 Å². The van der Waals surface area contributed by atoms with Gasteiger partial charge in [-0.2, -0.15) is 4.98 Å². The third-order valence-electron chi connectivity index (χ3n) is 4.32. The minimum atomic E-state index is -0.205. The van der Waals surface area contributed by atoms with Crippen LogP contribution in [-0.2, 0) is 0 Å². The molecule has 1 aliphatic heterocycles. The molecule has 8 heteroatoms. The van der Waals surface area contributed by atoms with Crippen molar-refractivity contribution < 1.29 is 0 Å². The van der Waals surface area contributed by atoms with Crippen LogP contribution >= 0.6 is 34.8 Å². The maximum absolute atomic E-state index is 6.44. The Bertz CT molecular complexity index is 920. The molecule has 5 nitrogen and oxygen atoms in total. The van der Waals surface area contributed by atoms with Gasteiger partial charge in [-0.25, -0.2) is 4.68 Å². The standard InChI is InChI=1S/C17H14Cl3N5/c18-10-5-2-1-4-9(10)13-8-14(15-11(19)6-3-7-12(15)20)25-17(22-13)23-16(21)24-25/h1-7,13-14H,8H2,(H3,21,22,23,24)/t13-,14+/m1/s1. The molecule has 0 saturated carbocycles. The highest BCUT2D eigenvalue weighted by Crippen LogP contribution is 2.43. The molecule has 2 atom stereocenters. The Labute approximate surface area is 159 Å². The summed E-state index contributed by atoms with van der Waals surface area (Å²) in [6, 6.07) is 12.9. The van der Waals surface area contributed by atoms with Crippen LogP contribution in [0.25, 0.3) is 0 Å². The third-order valence-corrected chi connectivity index (χ3v) is 5.32. The van der Waals surface area contributed by atoms with E-state index in [1.165, 1.54) is 0 Å². The molecule has 0 fully saturated rings. The molecular weight excluding hydrogens is 381 g/mol. The zero-order valence-corrected chi connectivity index (χ0v) is 15.2. The highest BCUT2D eigenvalue weighted by atomic mass is 35.5. The predicted molar refractivity (Wildman–Crippen MR) is 101 cm³/mol. The fourth-order valence-electron chi connectivity index (χ4n) is 3.23. The van der Waals surface area contributed by atoms with Crippen LogP contribution in [0.4, 0.5) is 11.9 Å². The summed E-state index contributed by atoms with van der Waals surface area (Å²) in [7, 11) is 0. The van der Waals surface area contributed by atoms with E-state index in [2.05, 4.69) is 15.4 Å². The second-order valence-corrected chi connectivity index (χ2v) is 7.07. The van der Waals surface area contributed by atoms with E-state index in [0.717, 1.165) is 11.1 Å². The van der Waals surface area contributed by atoms with Gasteiger partial charge in [0.15, 0.2) is 0 Å². The Hall–Kier alpha value is -1.95. The van der Waals surface area contributed by atoms with Crippen LogP contribution in [0.15, 0.2) is 42.5 Å². The first-order chi connectivity index (χ1) is 12.0. The molecule has 0 aliphatic carbocycles. The van der Waals surface area contributed by atoms with Crippen LogP contribution in [-0.4, -0.2) is 14.8 Å². The number of hydrogen-bond donors (Lipinski definition) is 2. The Kier molecular flexibility index (Phi) is 4.23. The Morgan fingerprint density at radius 2 is 1.68 bits per heavy atom. The maximum atomic E-state index is 6.44. The summed E-state index contributed by atoms with van der Waals surface area (Å²) in [6.07, 6.45) is 0.656. The van der Waals surface area contributed by atoms with Crippen molar-refractivity contribution in [3.05, 3.63) is 68.7 Å². The third kappa shape index (κ3) is 2.92. The number of nitrogens with one attached hydrogen (secondary N) is 1. The van der Waals surface area contributed by atoms with E-state index in [4.69, 9.17) is 40.5 Å². The smallest absolute Gasteiger partial charge is 0.241 e. The molecular formula is C17H14Cl3N5. The molecule has 2 heterocycles. The van der Waals surface area contributed by atoms with Crippen LogP contribution < -0.4 is 11.1 Å². The Morgan fingerprint density at radius 3 is 2.40 bits per heavy atom. The van der Waals surface area contributed by atoms with Crippen molar-refractivity contribution >= 4 is 46.7 Å². The molecule has 0 unspecified atom stereocenters. The number of nitrogens with two attached hydrogens (primary N) is 1. The van der Waals surface area contributed by atoms with E-state index in [9.17, 15) is 0 Å². The summed E-state index contributed by atoms with van der Waals surface area (Å²) in [4.78, 5) is 4.28. The largest absolute Gasteiger partial charge is 0.366 e. The molecule has 3 aromatic rings. The molecule has 0 radical (unpaired) electrons. The van der Waals surface area contributed by atoms with Gasteiger partial charge in [-0.15, -0.1) is 5.10 Å². The second kappa shape index (κ2) is 6.41. The van der Waals surface area contributed by atoms with E-state index in [0.29, 0.717) is 27.4 Å². The number of nitrogens with zero attached hydrogens (tertiary/aromatic N) is 3. The van der Waals surface area contributed by atoms with Crippen molar-refractivity contribution in [2.45, 2.75) is 18.5 Å². The number of benzene rings is 2. The van der Waals surface area contributed by atoms with Gasteiger partial charge >= 0.3 is 0 Å². The first-order valence-electron chi connectivity index (χ1n) is 7.71. The summed E-state index contributed by atoms with van der Waals surface area (Å²) in [5, 5.41) is 9.51. The fourth-order valence-corrected chi connectivity index (χ4v) is 4.14. The van der Waals surface area contributed by atoms with Crippen molar-refractivity contribution in [3.63, 3.8) is 0 Å². The zero-order valence-electron chi connectivity index (χ0n) is 13.0. The molecule has 0 amide bonds. The first kappa shape index (κ1) is 16.5. The second-order valence-electron chi connectivity index (χ2n) is 5.84. The van der Waals surface area contributed by atoms with E-state index in [1.807, 2.05) is 42.5 Å². The molecule has 25 heavy (non-hydrogen) atoms. The van der Waals surface area contributed by atoms with Crippen molar-refractivity contribution in [2.75, 3.05) is 11.1 Å². The van der Waals surface area contributed by atoms with Crippen LogP contribution in [0.5, 0.6) is 0 Å². The highest BCUT2D eigenvalue weighted by molar-refractivity contribution is 6.36. The zero-order chi connectivity index (χ0) is 17.6. The quantitative estimate of drug-likeness (QED) is 0.644. The van der Waals surface area contributed by atoms with Gasteiger partial charge in [0.25, 0.3) is 0 Å². The fraction of sp³-hybridized carbons (Fsp3) is 0.176. The summed E-state index contributed by atoms with van der Waals surface area (Å²) >= 11 is 19.3. The lowest BCUT2D eigenvalue weighted by Crippen LogP contribution is -2.28. The SMILES string of the molecule is Nc1nc2n(n1)[C@H](c1c(Cl)cccc1Cl)C[C@H](c1ccccc1Cl)N2. The Balaban J connectivity index is 1.84. The van der Waals surface area contributed by atoms with Crippen molar-refractivity contribution in [1.29, 1.82) is 0 Å². The van der Waals surface area contributed by atoms with Gasteiger partial charge in [0, 0.05) is 20.6 Å². The Morgan fingerprint density at radius 1 is 1.00 bits per heavy atom. The number of halogens is 3. The molecule has 128 valence electrons. The molecule has 1 aliphatic rings. The number of anilines is 2. The summed E-state index contributed by atoms with van der Waals surface area (Å²) in [6.45, 7) is 0. The molecule has 0 saturated heterocycles. The number of fused-ring (bicyclic) bond motifs is 1. The van der Waals surface area contributed by atoms with Crippen molar-refractivity contribution in [2.24, 2.45) is 0 Å². The summed E-state index contributed by atoms with van der Waals surface area (Å²) < 4.78 is 1.73. The topological polar surface area (TPSA) is 68.8 Å². The molecule has 0 spiro atoms.